The molecular formula is C18H17F2NO3. The lowest BCUT2D eigenvalue weighted by Gasteiger charge is -2.14. The number of carbonyl (C=O) groups is 2. The lowest BCUT2D eigenvalue weighted by Crippen LogP contribution is -2.40. The number of halogens is 2. The summed E-state index contributed by atoms with van der Waals surface area (Å²) in [5.41, 5.74) is 0.821. The molecule has 2 rings (SSSR count). The lowest BCUT2D eigenvalue weighted by atomic mass is 10.0. The van der Waals surface area contributed by atoms with Crippen LogP contribution in [0.1, 0.15) is 28.8 Å². The van der Waals surface area contributed by atoms with Gasteiger partial charge in [-0.25, -0.2) is 13.6 Å². The predicted octanol–water partition coefficient (Wildman–Crippen LogP) is 3.17. The van der Waals surface area contributed by atoms with Crippen molar-refractivity contribution in [1.29, 1.82) is 0 Å². The van der Waals surface area contributed by atoms with Crippen LogP contribution >= 0.6 is 0 Å². The molecule has 0 aliphatic heterocycles. The molecule has 0 aliphatic carbocycles. The highest BCUT2D eigenvalue weighted by Crippen LogP contribution is 2.10. The van der Waals surface area contributed by atoms with Gasteiger partial charge in [0.05, 0.1) is 0 Å². The molecule has 1 amide bonds. The molecular weight excluding hydrogens is 316 g/mol. The zero-order valence-corrected chi connectivity index (χ0v) is 12.8. The summed E-state index contributed by atoms with van der Waals surface area (Å²) in [6, 6.07) is 10.8. The van der Waals surface area contributed by atoms with Crippen LogP contribution in [0.15, 0.2) is 48.5 Å². The zero-order chi connectivity index (χ0) is 17.5. The maximum atomic E-state index is 13.1. The minimum absolute atomic E-state index is 0.216. The molecule has 0 radical (unpaired) electrons. The van der Waals surface area contributed by atoms with E-state index in [0.717, 1.165) is 17.7 Å². The van der Waals surface area contributed by atoms with Crippen LogP contribution < -0.4 is 5.32 Å². The van der Waals surface area contributed by atoms with E-state index in [1.807, 2.05) is 30.3 Å². The number of hydrogen-bond acceptors (Lipinski definition) is 2. The first-order valence-corrected chi connectivity index (χ1v) is 7.49. The molecule has 2 aromatic rings. The highest BCUT2D eigenvalue weighted by atomic mass is 19.1. The van der Waals surface area contributed by atoms with E-state index >= 15 is 0 Å². The monoisotopic (exact) mass is 333 g/mol. The molecule has 126 valence electrons. The van der Waals surface area contributed by atoms with Gasteiger partial charge in [0, 0.05) is 11.6 Å². The Morgan fingerprint density at radius 2 is 1.67 bits per heavy atom. The van der Waals surface area contributed by atoms with Crippen molar-refractivity contribution in [2.45, 2.75) is 25.3 Å². The van der Waals surface area contributed by atoms with Crippen LogP contribution in [0.5, 0.6) is 0 Å². The first kappa shape index (κ1) is 17.6. The third kappa shape index (κ3) is 5.15. The number of carboxylic acid groups (broad SMARTS) is 1. The summed E-state index contributed by atoms with van der Waals surface area (Å²) in [4.78, 5) is 23.3. The first-order valence-electron chi connectivity index (χ1n) is 7.49. The molecule has 2 aromatic carbocycles. The normalized spacial score (nSPS) is 11.8. The molecule has 0 aromatic heterocycles. The Labute approximate surface area is 138 Å². The molecule has 0 heterocycles. The molecule has 2 N–H and O–H groups in total. The maximum absolute atomic E-state index is 13.1. The summed E-state index contributed by atoms with van der Waals surface area (Å²) >= 11 is 0. The van der Waals surface area contributed by atoms with E-state index in [0.29, 0.717) is 18.9 Å². The van der Waals surface area contributed by atoms with E-state index in [-0.39, 0.29) is 12.0 Å². The molecule has 0 saturated carbocycles. The van der Waals surface area contributed by atoms with Crippen LogP contribution in [-0.2, 0) is 11.2 Å². The Balaban J connectivity index is 1.95. The summed E-state index contributed by atoms with van der Waals surface area (Å²) in [5.74, 6) is -3.79. The molecule has 0 aliphatic rings. The third-order valence-electron chi connectivity index (χ3n) is 3.53. The zero-order valence-electron chi connectivity index (χ0n) is 12.8. The summed E-state index contributed by atoms with van der Waals surface area (Å²) < 4.78 is 26.3. The van der Waals surface area contributed by atoms with Crippen LogP contribution in [0.2, 0.25) is 0 Å². The molecule has 1 atom stereocenters. The molecule has 0 fully saturated rings. The smallest absolute Gasteiger partial charge is 0.326 e. The Kier molecular flexibility index (Phi) is 6.01. The van der Waals surface area contributed by atoms with Gasteiger partial charge in [0.25, 0.3) is 5.91 Å². The topological polar surface area (TPSA) is 66.4 Å². The van der Waals surface area contributed by atoms with Gasteiger partial charge in [-0.3, -0.25) is 4.79 Å². The van der Waals surface area contributed by atoms with E-state index in [4.69, 9.17) is 0 Å². The van der Waals surface area contributed by atoms with Crippen LogP contribution in [0.4, 0.5) is 8.78 Å². The largest absolute Gasteiger partial charge is 0.480 e. The average molecular weight is 333 g/mol. The summed E-state index contributed by atoms with van der Waals surface area (Å²) in [6.07, 6.45) is 1.45. The molecule has 0 spiro atoms. The van der Waals surface area contributed by atoms with Gasteiger partial charge in [-0.1, -0.05) is 30.3 Å². The lowest BCUT2D eigenvalue weighted by molar-refractivity contribution is -0.139. The summed E-state index contributed by atoms with van der Waals surface area (Å²) in [6.45, 7) is 0. The second-order valence-electron chi connectivity index (χ2n) is 5.40. The van der Waals surface area contributed by atoms with Gasteiger partial charge in [-0.15, -0.1) is 0 Å². The van der Waals surface area contributed by atoms with E-state index in [1.165, 1.54) is 0 Å². The average Bonchev–Trinajstić information content (AvgIpc) is 2.53. The van der Waals surface area contributed by atoms with Gasteiger partial charge in [0.1, 0.15) is 17.7 Å². The van der Waals surface area contributed by atoms with E-state index in [1.54, 1.807) is 0 Å². The third-order valence-corrected chi connectivity index (χ3v) is 3.53. The Bertz CT molecular complexity index is 699. The van der Waals surface area contributed by atoms with Crippen LogP contribution in [0, 0.1) is 11.6 Å². The Hall–Kier alpha value is -2.76. The van der Waals surface area contributed by atoms with Gasteiger partial charge in [0.2, 0.25) is 0 Å². The van der Waals surface area contributed by atoms with Crippen molar-refractivity contribution in [3.8, 4) is 0 Å². The van der Waals surface area contributed by atoms with Crippen molar-refractivity contribution in [2.75, 3.05) is 0 Å². The number of aryl methyl sites for hydroxylation is 1. The highest BCUT2D eigenvalue weighted by molar-refractivity contribution is 5.96. The summed E-state index contributed by atoms with van der Waals surface area (Å²) in [5, 5.41) is 11.5. The summed E-state index contributed by atoms with van der Waals surface area (Å²) in [7, 11) is 0. The van der Waals surface area contributed by atoms with Crippen molar-refractivity contribution >= 4 is 11.9 Å². The number of nitrogens with one attached hydrogen (secondary N) is 1. The number of carbonyl (C=O) groups excluding carboxylic acids is 1. The van der Waals surface area contributed by atoms with E-state index in [2.05, 4.69) is 5.32 Å². The van der Waals surface area contributed by atoms with Gasteiger partial charge in [-0.2, -0.15) is 0 Å². The number of aliphatic carboxylic acids is 1. The van der Waals surface area contributed by atoms with Crippen LogP contribution in [0.3, 0.4) is 0 Å². The van der Waals surface area contributed by atoms with Crippen LogP contribution in [-0.4, -0.2) is 23.0 Å². The number of amides is 1. The molecule has 4 nitrogen and oxygen atoms in total. The van der Waals surface area contributed by atoms with Crippen molar-refractivity contribution < 1.29 is 23.5 Å². The molecule has 0 saturated heterocycles. The van der Waals surface area contributed by atoms with Crippen molar-refractivity contribution in [2.24, 2.45) is 0 Å². The number of hydrogen-bond donors (Lipinski definition) is 2. The molecule has 0 unspecified atom stereocenters. The van der Waals surface area contributed by atoms with Crippen LogP contribution in [0.25, 0.3) is 0 Å². The standard InChI is InChI=1S/C18H17F2NO3/c19-14-9-13(10-15(20)11-14)17(22)21-16(18(23)24)8-4-7-12-5-2-1-3-6-12/h1-3,5-6,9-11,16H,4,7-8H2,(H,21,22)(H,23,24)/t16-/m0/s1. The van der Waals surface area contributed by atoms with E-state index < -0.39 is 29.6 Å². The first-order chi connectivity index (χ1) is 11.5. The maximum Gasteiger partial charge on any atom is 0.326 e. The van der Waals surface area contributed by atoms with Gasteiger partial charge < -0.3 is 10.4 Å². The second-order valence-corrected chi connectivity index (χ2v) is 5.40. The highest BCUT2D eigenvalue weighted by Gasteiger charge is 2.21. The minimum Gasteiger partial charge on any atom is -0.480 e. The van der Waals surface area contributed by atoms with Crippen molar-refractivity contribution in [3.63, 3.8) is 0 Å². The SMILES string of the molecule is O=C(N[C@@H](CCCc1ccccc1)C(=O)O)c1cc(F)cc(F)c1. The number of carboxylic acids is 1. The van der Waals surface area contributed by atoms with Crippen molar-refractivity contribution in [1.82, 2.24) is 5.32 Å². The quantitative estimate of drug-likeness (QED) is 0.818. The molecule has 6 heteroatoms. The fraction of sp³-hybridized carbons (Fsp3) is 0.222. The molecule has 24 heavy (non-hydrogen) atoms. The van der Waals surface area contributed by atoms with Gasteiger partial charge in [0.15, 0.2) is 0 Å². The van der Waals surface area contributed by atoms with Crippen molar-refractivity contribution in [3.05, 3.63) is 71.3 Å². The fourth-order valence-electron chi connectivity index (χ4n) is 2.34. The predicted molar refractivity (Wildman–Crippen MR) is 84.6 cm³/mol. The van der Waals surface area contributed by atoms with Gasteiger partial charge >= 0.3 is 5.97 Å². The minimum atomic E-state index is -1.19. The number of rotatable bonds is 7. The Morgan fingerprint density at radius 1 is 1.04 bits per heavy atom. The van der Waals surface area contributed by atoms with Gasteiger partial charge in [-0.05, 0) is 37.0 Å². The van der Waals surface area contributed by atoms with E-state index in [9.17, 15) is 23.5 Å². The number of benzene rings is 2. The fourth-order valence-corrected chi connectivity index (χ4v) is 2.34. The molecule has 0 bridgehead atoms. The second kappa shape index (κ2) is 8.19. The Morgan fingerprint density at radius 3 is 2.25 bits per heavy atom.